The van der Waals surface area contributed by atoms with E-state index in [1.165, 1.54) is 22.5 Å². The van der Waals surface area contributed by atoms with Gasteiger partial charge in [-0.15, -0.1) is 0 Å². The number of nitrogens with zero attached hydrogens (tertiary/aromatic N) is 1. The maximum atomic E-state index is 13.0. The molecule has 0 unspecified atom stereocenters. The maximum absolute atomic E-state index is 13.0. The van der Waals surface area contributed by atoms with Gasteiger partial charge in [-0.2, -0.15) is 4.31 Å². The molecule has 4 rings (SSSR count). The molecule has 1 fully saturated rings. The summed E-state index contributed by atoms with van der Waals surface area (Å²) in [5, 5.41) is 3.27. The Morgan fingerprint density at radius 3 is 2.38 bits per heavy atom. The van der Waals surface area contributed by atoms with Gasteiger partial charge in [0, 0.05) is 18.1 Å². The third-order valence-corrected chi connectivity index (χ3v) is 7.51. The van der Waals surface area contributed by atoms with Gasteiger partial charge in [-0.05, 0) is 61.4 Å². The molecule has 1 N–H and O–H groups in total. The highest BCUT2D eigenvalue weighted by Gasteiger charge is 2.28. The monoisotopic (exact) mass is 490 g/mol. The molecule has 1 heterocycles. The number of hydrogen-bond donors (Lipinski definition) is 1. The number of carbonyl (C=O) groups excluding carboxylic acids is 1. The molecule has 0 bridgehead atoms. The van der Waals surface area contributed by atoms with Gasteiger partial charge >= 0.3 is 0 Å². The Kier molecular flexibility index (Phi) is 6.71. The van der Waals surface area contributed by atoms with Crippen molar-refractivity contribution in [3.8, 4) is 11.5 Å². The van der Waals surface area contributed by atoms with Crippen molar-refractivity contribution in [2.45, 2.75) is 17.7 Å². The fraction of sp³-hybridized carbons (Fsp3) is 0.174. The second-order valence-corrected chi connectivity index (χ2v) is 10.0. The molecule has 0 saturated carbocycles. The van der Waals surface area contributed by atoms with E-state index in [0.717, 1.165) is 12.8 Å². The molecule has 0 spiro atoms. The fourth-order valence-electron chi connectivity index (χ4n) is 3.41. The van der Waals surface area contributed by atoms with Crippen molar-refractivity contribution >= 4 is 44.8 Å². The van der Waals surface area contributed by atoms with Gasteiger partial charge in [0.2, 0.25) is 10.0 Å². The van der Waals surface area contributed by atoms with Crippen LogP contribution in [0.1, 0.15) is 23.2 Å². The van der Waals surface area contributed by atoms with Gasteiger partial charge in [-0.25, -0.2) is 8.42 Å². The van der Waals surface area contributed by atoms with Crippen molar-refractivity contribution in [1.29, 1.82) is 0 Å². The Hall–Kier alpha value is -2.58. The number of anilines is 1. The molecule has 1 aliphatic heterocycles. The Balaban J connectivity index is 1.63. The zero-order valence-electron chi connectivity index (χ0n) is 16.9. The standard InChI is InChI=1S/C23H20Cl2N2O4S/c24-16-8-11-22(31-17-6-2-1-3-7-17)21(14-16)26-23(28)19-15-18(9-10-20(19)25)32(29,30)27-12-4-5-13-27/h1-3,6-11,14-15H,4-5,12-13H2,(H,26,28). The van der Waals surface area contributed by atoms with Gasteiger partial charge in [0.1, 0.15) is 5.75 Å². The van der Waals surface area contributed by atoms with E-state index in [4.69, 9.17) is 27.9 Å². The third kappa shape index (κ3) is 4.91. The van der Waals surface area contributed by atoms with Crippen LogP contribution in [0.3, 0.4) is 0 Å². The number of amides is 1. The number of para-hydroxylation sites is 1. The largest absolute Gasteiger partial charge is 0.455 e. The SMILES string of the molecule is O=C(Nc1cc(Cl)ccc1Oc1ccccc1)c1cc(S(=O)(=O)N2CCCC2)ccc1Cl. The minimum atomic E-state index is -3.69. The molecule has 166 valence electrons. The van der Waals surface area contributed by atoms with Crippen LogP contribution in [0.15, 0.2) is 71.6 Å². The Morgan fingerprint density at radius 2 is 1.66 bits per heavy atom. The van der Waals surface area contributed by atoms with E-state index >= 15 is 0 Å². The molecular formula is C23H20Cl2N2O4S. The van der Waals surface area contributed by atoms with Crippen molar-refractivity contribution in [2.75, 3.05) is 18.4 Å². The minimum absolute atomic E-state index is 0.0285. The molecule has 1 amide bonds. The molecule has 0 aliphatic carbocycles. The van der Waals surface area contributed by atoms with E-state index in [0.29, 0.717) is 35.3 Å². The smallest absolute Gasteiger partial charge is 0.257 e. The molecule has 9 heteroatoms. The summed E-state index contributed by atoms with van der Waals surface area (Å²) in [5.41, 5.74) is 0.368. The first kappa shape index (κ1) is 22.6. The van der Waals surface area contributed by atoms with Gasteiger partial charge < -0.3 is 10.1 Å². The van der Waals surface area contributed by atoms with E-state index < -0.39 is 15.9 Å². The number of sulfonamides is 1. The molecule has 3 aromatic rings. The van der Waals surface area contributed by atoms with Crippen molar-refractivity contribution < 1.29 is 17.9 Å². The Morgan fingerprint density at radius 1 is 0.938 bits per heavy atom. The van der Waals surface area contributed by atoms with E-state index in [1.807, 2.05) is 18.2 Å². The van der Waals surface area contributed by atoms with Crippen LogP contribution in [0.5, 0.6) is 11.5 Å². The van der Waals surface area contributed by atoms with Gasteiger partial charge in [0.25, 0.3) is 5.91 Å². The maximum Gasteiger partial charge on any atom is 0.257 e. The minimum Gasteiger partial charge on any atom is -0.455 e. The second-order valence-electron chi connectivity index (χ2n) is 7.26. The molecular weight excluding hydrogens is 471 g/mol. The second kappa shape index (κ2) is 9.50. The summed E-state index contributed by atoms with van der Waals surface area (Å²) in [7, 11) is -3.69. The van der Waals surface area contributed by atoms with Gasteiger partial charge in [-0.3, -0.25) is 4.79 Å². The van der Waals surface area contributed by atoms with Crippen LogP contribution < -0.4 is 10.1 Å². The summed E-state index contributed by atoms with van der Waals surface area (Å²) in [5.74, 6) is 0.390. The lowest BCUT2D eigenvalue weighted by atomic mass is 10.2. The van der Waals surface area contributed by atoms with Crippen LogP contribution in [-0.4, -0.2) is 31.7 Å². The van der Waals surface area contributed by atoms with Gasteiger partial charge in [-0.1, -0.05) is 41.4 Å². The average Bonchev–Trinajstić information content (AvgIpc) is 3.32. The molecule has 0 atom stereocenters. The van der Waals surface area contributed by atoms with Crippen molar-refractivity contribution in [3.63, 3.8) is 0 Å². The number of hydrogen-bond acceptors (Lipinski definition) is 4. The quantitative estimate of drug-likeness (QED) is 0.471. The fourth-order valence-corrected chi connectivity index (χ4v) is 5.33. The van der Waals surface area contributed by atoms with E-state index in [9.17, 15) is 13.2 Å². The predicted molar refractivity (Wildman–Crippen MR) is 125 cm³/mol. The zero-order valence-corrected chi connectivity index (χ0v) is 19.3. The first-order valence-corrected chi connectivity index (χ1v) is 12.2. The molecule has 3 aromatic carbocycles. The number of ether oxygens (including phenoxy) is 1. The van der Waals surface area contributed by atoms with Crippen molar-refractivity contribution in [3.05, 3.63) is 82.3 Å². The van der Waals surface area contributed by atoms with Crippen LogP contribution >= 0.6 is 23.2 Å². The normalized spacial score (nSPS) is 14.3. The molecule has 1 aliphatic rings. The summed E-state index contributed by atoms with van der Waals surface area (Å²) in [6.45, 7) is 0.935. The molecule has 0 radical (unpaired) electrons. The number of nitrogens with one attached hydrogen (secondary N) is 1. The highest BCUT2D eigenvalue weighted by Crippen LogP contribution is 2.33. The third-order valence-electron chi connectivity index (χ3n) is 5.05. The number of rotatable bonds is 6. The average molecular weight is 491 g/mol. The van der Waals surface area contributed by atoms with Crippen molar-refractivity contribution in [2.24, 2.45) is 0 Å². The Labute approximate surface area is 196 Å². The molecule has 0 aromatic heterocycles. The summed E-state index contributed by atoms with van der Waals surface area (Å²) in [6.07, 6.45) is 1.64. The number of halogens is 2. The van der Waals surface area contributed by atoms with Crippen LogP contribution in [0.4, 0.5) is 5.69 Å². The molecule has 1 saturated heterocycles. The lowest BCUT2D eigenvalue weighted by Crippen LogP contribution is -2.28. The molecule has 32 heavy (non-hydrogen) atoms. The summed E-state index contributed by atoms with van der Waals surface area (Å²) >= 11 is 12.4. The Bertz CT molecular complexity index is 1240. The topological polar surface area (TPSA) is 75.7 Å². The summed E-state index contributed by atoms with van der Waals surface area (Å²) in [6, 6.07) is 18.0. The molecule has 6 nitrogen and oxygen atoms in total. The lowest BCUT2D eigenvalue weighted by Gasteiger charge is -2.17. The summed E-state index contributed by atoms with van der Waals surface area (Å²) in [4.78, 5) is 13.1. The van der Waals surface area contributed by atoms with E-state index in [2.05, 4.69) is 5.32 Å². The highest BCUT2D eigenvalue weighted by molar-refractivity contribution is 7.89. The van der Waals surface area contributed by atoms with E-state index in [1.54, 1.807) is 30.3 Å². The first-order valence-electron chi connectivity index (χ1n) is 9.98. The van der Waals surface area contributed by atoms with Gasteiger partial charge in [0.15, 0.2) is 5.75 Å². The number of benzene rings is 3. The van der Waals surface area contributed by atoms with Gasteiger partial charge in [0.05, 0.1) is 21.2 Å². The number of carbonyl (C=O) groups is 1. The van der Waals surface area contributed by atoms with E-state index in [-0.39, 0.29) is 15.5 Å². The summed E-state index contributed by atoms with van der Waals surface area (Å²) < 4.78 is 33.1. The highest BCUT2D eigenvalue weighted by atomic mass is 35.5. The van der Waals surface area contributed by atoms with Crippen LogP contribution in [-0.2, 0) is 10.0 Å². The van der Waals surface area contributed by atoms with Crippen LogP contribution in [0, 0.1) is 0 Å². The van der Waals surface area contributed by atoms with Crippen molar-refractivity contribution in [1.82, 2.24) is 4.31 Å². The lowest BCUT2D eigenvalue weighted by molar-refractivity contribution is 0.102. The predicted octanol–water partition coefficient (Wildman–Crippen LogP) is 5.82. The van der Waals surface area contributed by atoms with Crippen LogP contribution in [0.25, 0.3) is 0 Å². The zero-order chi connectivity index (χ0) is 22.7. The van der Waals surface area contributed by atoms with Crippen LogP contribution in [0.2, 0.25) is 10.0 Å². The first-order chi connectivity index (χ1) is 15.3.